The van der Waals surface area contributed by atoms with Gasteiger partial charge in [-0.2, -0.15) is 0 Å². The zero-order valence-corrected chi connectivity index (χ0v) is 20.6. The topological polar surface area (TPSA) is 92.2 Å². The van der Waals surface area contributed by atoms with Crippen LogP contribution < -0.4 is 16.1 Å². The fourth-order valence-corrected chi connectivity index (χ4v) is 3.86. The standard InChI is InChI=1S/C25H20BrClN4O3/c1-14-4-3-5-20(15(14)2)29-24(33)25(34)30-31-21-11-8-18(27)12-16(21)13-22(31)23(32)28-19-9-6-17(26)7-10-19/h3-13H,1-2H3,(H,28,32)(H,29,33)(H,30,34). The molecule has 4 aromatic rings. The molecule has 0 atom stereocenters. The van der Waals surface area contributed by atoms with E-state index in [0.717, 1.165) is 15.6 Å². The third-order valence-electron chi connectivity index (χ3n) is 5.37. The highest BCUT2D eigenvalue weighted by Gasteiger charge is 2.21. The van der Waals surface area contributed by atoms with Crippen LogP contribution in [-0.4, -0.2) is 22.4 Å². The summed E-state index contributed by atoms with van der Waals surface area (Å²) in [4.78, 5) is 38.5. The van der Waals surface area contributed by atoms with Gasteiger partial charge in [0.2, 0.25) is 0 Å². The molecule has 9 heteroatoms. The van der Waals surface area contributed by atoms with Crippen molar-refractivity contribution in [3.63, 3.8) is 0 Å². The molecule has 7 nitrogen and oxygen atoms in total. The maximum atomic E-state index is 13.1. The molecule has 0 aliphatic heterocycles. The largest absolute Gasteiger partial charge is 0.328 e. The van der Waals surface area contributed by atoms with E-state index in [-0.39, 0.29) is 5.69 Å². The van der Waals surface area contributed by atoms with E-state index in [2.05, 4.69) is 32.0 Å². The summed E-state index contributed by atoms with van der Waals surface area (Å²) >= 11 is 9.47. The number of fused-ring (bicyclic) bond motifs is 1. The van der Waals surface area contributed by atoms with Crippen LogP contribution in [0.2, 0.25) is 5.02 Å². The lowest BCUT2D eigenvalue weighted by molar-refractivity contribution is -0.133. The Morgan fingerprint density at radius 2 is 1.62 bits per heavy atom. The maximum Gasteiger partial charge on any atom is 0.328 e. The second-order valence-corrected chi connectivity index (χ2v) is 9.02. The van der Waals surface area contributed by atoms with Gasteiger partial charge in [-0.25, -0.2) is 4.68 Å². The van der Waals surface area contributed by atoms with Gasteiger partial charge in [-0.1, -0.05) is 39.7 Å². The number of nitrogens with one attached hydrogen (secondary N) is 3. The molecule has 3 N–H and O–H groups in total. The number of aryl methyl sites for hydroxylation is 1. The first-order valence-corrected chi connectivity index (χ1v) is 11.5. The summed E-state index contributed by atoms with van der Waals surface area (Å²) in [7, 11) is 0. The van der Waals surface area contributed by atoms with Crippen LogP contribution in [0, 0.1) is 13.8 Å². The number of rotatable bonds is 4. The quantitative estimate of drug-likeness (QED) is 0.293. The Balaban J connectivity index is 1.63. The van der Waals surface area contributed by atoms with Crippen molar-refractivity contribution < 1.29 is 14.4 Å². The third-order valence-corrected chi connectivity index (χ3v) is 6.13. The number of nitrogens with zero attached hydrogens (tertiary/aromatic N) is 1. The highest BCUT2D eigenvalue weighted by molar-refractivity contribution is 9.10. The van der Waals surface area contributed by atoms with Crippen molar-refractivity contribution in [2.75, 3.05) is 16.1 Å². The molecule has 0 spiro atoms. The molecule has 0 unspecified atom stereocenters. The molecule has 0 saturated carbocycles. The lowest BCUT2D eigenvalue weighted by Crippen LogP contribution is -2.36. The summed E-state index contributed by atoms with van der Waals surface area (Å²) in [6.45, 7) is 3.77. The van der Waals surface area contributed by atoms with Crippen molar-refractivity contribution in [3.8, 4) is 0 Å². The van der Waals surface area contributed by atoms with Crippen LogP contribution in [0.25, 0.3) is 10.9 Å². The molecular weight excluding hydrogens is 520 g/mol. The van der Waals surface area contributed by atoms with E-state index < -0.39 is 17.7 Å². The van der Waals surface area contributed by atoms with Gasteiger partial charge in [-0.15, -0.1) is 0 Å². The van der Waals surface area contributed by atoms with Gasteiger partial charge in [-0.3, -0.25) is 19.8 Å². The average Bonchev–Trinajstić information content (AvgIpc) is 3.15. The van der Waals surface area contributed by atoms with Crippen molar-refractivity contribution >= 4 is 67.5 Å². The summed E-state index contributed by atoms with van der Waals surface area (Å²) < 4.78 is 2.15. The second-order valence-electron chi connectivity index (χ2n) is 7.67. The van der Waals surface area contributed by atoms with E-state index >= 15 is 0 Å². The number of hydrogen-bond donors (Lipinski definition) is 3. The van der Waals surface area contributed by atoms with E-state index in [9.17, 15) is 14.4 Å². The highest BCUT2D eigenvalue weighted by atomic mass is 79.9. The number of amides is 3. The Morgan fingerprint density at radius 3 is 2.35 bits per heavy atom. The molecule has 0 saturated heterocycles. The third kappa shape index (κ3) is 4.98. The van der Waals surface area contributed by atoms with E-state index in [1.165, 1.54) is 4.68 Å². The van der Waals surface area contributed by atoms with Gasteiger partial charge in [0, 0.05) is 26.3 Å². The van der Waals surface area contributed by atoms with Crippen LogP contribution in [-0.2, 0) is 9.59 Å². The summed E-state index contributed by atoms with van der Waals surface area (Å²) in [5.41, 5.74) is 6.14. The van der Waals surface area contributed by atoms with Gasteiger partial charge in [0.25, 0.3) is 5.91 Å². The first-order chi connectivity index (χ1) is 16.2. The normalized spacial score (nSPS) is 10.7. The molecule has 4 rings (SSSR count). The molecule has 0 aliphatic carbocycles. The van der Waals surface area contributed by atoms with Gasteiger partial charge < -0.3 is 10.6 Å². The first kappa shape index (κ1) is 23.5. The fourth-order valence-electron chi connectivity index (χ4n) is 3.42. The predicted molar refractivity (Wildman–Crippen MR) is 138 cm³/mol. The molecule has 3 aromatic carbocycles. The Morgan fingerprint density at radius 1 is 0.882 bits per heavy atom. The zero-order valence-electron chi connectivity index (χ0n) is 18.3. The van der Waals surface area contributed by atoms with Crippen molar-refractivity contribution in [1.29, 1.82) is 0 Å². The van der Waals surface area contributed by atoms with Crippen molar-refractivity contribution in [2.24, 2.45) is 0 Å². The van der Waals surface area contributed by atoms with Crippen molar-refractivity contribution in [1.82, 2.24) is 4.68 Å². The SMILES string of the molecule is Cc1cccc(NC(=O)C(=O)Nn2c(C(=O)Nc3ccc(Br)cc3)cc3cc(Cl)ccc32)c1C. The van der Waals surface area contributed by atoms with E-state index in [4.69, 9.17) is 11.6 Å². The van der Waals surface area contributed by atoms with E-state index in [0.29, 0.717) is 27.3 Å². The van der Waals surface area contributed by atoms with Crippen LogP contribution in [0.3, 0.4) is 0 Å². The summed E-state index contributed by atoms with van der Waals surface area (Å²) in [6.07, 6.45) is 0. The summed E-state index contributed by atoms with van der Waals surface area (Å²) in [5.74, 6) is -2.25. The first-order valence-electron chi connectivity index (χ1n) is 10.3. The minimum absolute atomic E-state index is 0.132. The monoisotopic (exact) mass is 538 g/mol. The molecular formula is C25H20BrClN4O3. The number of benzene rings is 3. The number of aromatic nitrogens is 1. The number of halogens is 2. The maximum absolute atomic E-state index is 13.1. The number of anilines is 2. The van der Waals surface area contributed by atoms with Crippen LogP contribution in [0.4, 0.5) is 11.4 Å². The van der Waals surface area contributed by atoms with Crippen molar-refractivity contribution in [3.05, 3.63) is 93.0 Å². The predicted octanol–water partition coefficient (Wildman–Crippen LogP) is 5.64. The molecule has 1 heterocycles. The number of hydrogen-bond acceptors (Lipinski definition) is 3. The van der Waals surface area contributed by atoms with Gasteiger partial charge in [0.05, 0.1) is 5.52 Å². The van der Waals surface area contributed by atoms with Gasteiger partial charge in [-0.05, 0) is 79.6 Å². The van der Waals surface area contributed by atoms with E-state index in [1.54, 1.807) is 60.7 Å². The average molecular weight is 540 g/mol. The lowest BCUT2D eigenvalue weighted by Gasteiger charge is -2.14. The molecule has 0 fully saturated rings. The molecule has 3 amide bonds. The number of carbonyl (C=O) groups excluding carboxylic acids is 3. The Labute approximate surface area is 209 Å². The van der Waals surface area contributed by atoms with Gasteiger partial charge in [0.1, 0.15) is 5.69 Å². The molecule has 0 aliphatic rings. The lowest BCUT2D eigenvalue weighted by atomic mass is 10.1. The summed E-state index contributed by atoms with van der Waals surface area (Å²) in [6, 6.07) is 19.1. The van der Waals surface area contributed by atoms with Crippen LogP contribution >= 0.6 is 27.5 Å². The minimum atomic E-state index is -0.925. The molecule has 0 radical (unpaired) electrons. The number of carbonyl (C=O) groups is 3. The van der Waals surface area contributed by atoms with E-state index in [1.807, 2.05) is 19.9 Å². The minimum Gasteiger partial charge on any atom is -0.321 e. The summed E-state index contributed by atoms with van der Waals surface area (Å²) in [5, 5.41) is 6.52. The second kappa shape index (κ2) is 9.70. The highest BCUT2D eigenvalue weighted by Crippen LogP contribution is 2.24. The molecule has 34 heavy (non-hydrogen) atoms. The zero-order chi connectivity index (χ0) is 24.4. The Kier molecular flexibility index (Phi) is 6.72. The van der Waals surface area contributed by atoms with Gasteiger partial charge >= 0.3 is 11.8 Å². The van der Waals surface area contributed by atoms with Crippen LogP contribution in [0.15, 0.2) is 71.2 Å². The smallest absolute Gasteiger partial charge is 0.321 e. The Hall–Kier alpha value is -3.62. The van der Waals surface area contributed by atoms with Gasteiger partial charge in [0.15, 0.2) is 0 Å². The molecule has 1 aromatic heterocycles. The fraction of sp³-hybridized carbons (Fsp3) is 0.0800. The molecule has 172 valence electrons. The van der Waals surface area contributed by atoms with Crippen LogP contribution in [0.1, 0.15) is 21.6 Å². The van der Waals surface area contributed by atoms with Crippen LogP contribution in [0.5, 0.6) is 0 Å². The Bertz CT molecular complexity index is 1430. The molecule has 0 bridgehead atoms. The van der Waals surface area contributed by atoms with Crippen molar-refractivity contribution in [2.45, 2.75) is 13.8 Å².